The average molecular weight is 669 g/mol. The van der Waals surface area contributed by atoms with Gasteiger partial charge in [0.05, 0.1) is 26.4 Å². The van der Waals surface area contributed by atoms with Gasteiger partial charge < -0.3 is 4.90 Å². The van der Waals surface area contributed by atoms with Crippen LogP contribution in [0.25, 0.3) is 43.8 Å². The van der Waals surface area contributed by atoms with Crippen molar-refractivity contribution in [2.45, 2.75) is 5.41 Å². The van der Waals surface area contributed by atoms with Crippen LogP contribution in [0.2, 0.25) is 0 Å². The molecule has 0 fully saturated rings. The van der Waals surface area contributed by atoms with Gasteiger partial charge in [0.1, 0.15) is 0 Å². The van der Waals surface area contributed by atoms with E-state index in [0.29, 0.717) is 11.4 Å². The highest BCUT2D eigenvalue weighted by atomic mass is 15.1. The zero-order valence-electron chi connectivity index (χ0n) is 35.1. The summed E-state index contributed by atoms with van der Waals surface area (Å²) >= 11 is 0. The van der Waals surface area contributed by atoms with Gasteiger partial charge in [-0.15, -0.1) is 0 Å². The molecule has 1 heteroatoms. The molecule has 9 aromatic carbocycles. The molecule has 1 aliphatic rings. The molecule has 10 rings (SSSR count). The van der Waals surface area contributed by atoms with E-state index in [4.69, 9.17) is 6.85 Å². The number of anilines is 3. The Morgan fingerprint density at radius 2 is 1.06 bits per heavy atom. The van der Waals surface area contributed by atoms with Crippen molar-refractivity contribution in [3.8, 4) is 22.3 Å². The molecule has 1 aliphatic carbocycles. The first kappa shape index (κ1) is 23.7. The maximum atomic E-state index is 9.65. The third-order valence-electron chi connectivity index (χ3n) is 10.4. The maximum absolute atomic E-state index is 9.65. The molecule has 1 nitrogen and oxygen atoms in total. The van der Waals surface area contributed by atoms with Gasteiger partial charge in [-0.2, -0.15) is 0 Å². The van der Waals surface area contributed by atoms with Crippen LogP contribution in [0.1, 0.15) is 31.8 Å². The molecule has 244 valence electrons. The van der Waals surface area contributed by atoms with Crippen molar-refractivity contribution in [2.24, 2.45) is 0 Å². The molecular weight excluding hydrogens is 627 g/mol. The predicted octanol–water partition coefficient (Wildman–Crippen LogP) is 13.5. The van der Waals surface area contributed by atoms with Gasteiger partial charge in [-0.1, -0.05) is 188 Å². The second kappa shape index (κ2) is 12.3. The number of nitrogens with zero attached hydrogens (tertiary/aromatic N) is 1. The van der Waals surface area contributed by atoms with Gasteiger partial charge in [-0.05, 0) is 79.3 Å². The van der Waals surface area contributed by atoms with E-state index in [0.717, 1.165) is 55.3 Å². The zero-order valence-corrected chi connectivity index (χ0v) is 28.1. The van der Waals surface area contributed by atoms with Gasteiger partial charge in [0, 0.05) is 16.6 Å². The third kappa shape index (κ3) is 4.56. The summed E-state index contributed by atoms with van der Waals surface area (Å²) in [4.78, 5) is 1.89. The molecule has 0 atom stereocenters. The van der Waals surface area contributed by atoms with E-state index in [2.05, 4.69) is 97.1 Å². The molecule has 0 aliphatic heterocycles. The minimum atomic E-state index is -0.748. The molecule has 0 radical (unpaired) electrons. The Morgan fingerprint density at radius 3 is 1.90 bits per heavy atom. The Hall–Kier alpha value is -6.70. The normalized spacial score (nSPS) is 14.7. The van der Waals surface area contributed by atoms with E-state index in [-0.39, 0.29) is 28.5 Å². The van der Waals surface area contributed by atoms with Crippen LogP contribution in [0.4, 0.5) is 17.1 Å². The molecule has 9 aromatic rings. The molecule has 0 heterocycles. The highest BCUT2D eigenvalue weighted by molar-refractivity contribution is 6.04. The SMILES string of the molecule is [2H]c1c([2H])c([2H])c2c(N(c3cccc(-c4cccc5ccccc45)c3)c3cccc4c3-c3ccccc3C4(c3ccccc3)c3ccccc3)c([2H])c([2H])c([2H])c2c1[2H]. The van der Waals surface area contributed by atoms with Crippen molar-refractivity contribution in [2.75, 3.05) is 4.90 Å². The fourth-order valence-corrected chi connectivity index (χ4v) is 8.31. The summed E-state index contributed by atoms with van der Waals surface area (Å²) in [5.41, 5.74) is 8.64. The van der Waals surface area contributed by atoms with E-state index in [1.54, 1.807) is 0 Å². The van der Waals surface area contributed by atoms with Crippen LogP contribution >= 0.6 is 0 Å². The molecule has 0 spiro atoms. The van der Waals surface area contributed by atoms with Crippen molar-refractivity contribution >= 4 is 38.6 Å². The molecule has 0 saturated heterocycles. The zero-order chi connectivity index (χ0) is 40.6. The number of benzene rings is 9. The van der Waals surface area contributed by atoms with Gasteiger partial charge in [0.2, 0.25) is 0 Å². The van der Waals surface area contributed by atoms with Crippen molar-refractivity contribution in [3.05, 3.63) is 234 Å². The number of hydrogen-bond acceptors (Lipinski definition) is 1. The summed E-state index contributed by atoms with van der Waals surface area (Å²) in [6.45, 7) is 0. The van der Waals surface area contributed by atoms with Crippen LogP contribution in [0.3, 0.4) is 0 Å². The third-order valence-corrected chi connectivity index (χ3v) is 10.4. The first-order valence-electron chi connectivity index (χ1n) is 21.0. The quantitative estimate of drug-likeness (QED) is 0.170. The second-order valence-corrected chi connectivity index (χ2v) is 13.1. The highest BCUT2D eigenvalue weighted by Gasteiger charge is 2.47. The topological polar surface area (TPSA) is 3.24 Å². The lowest BCUT2D eigenvalue weighted by atomic mass is 9.68. The molecular formula is C51H35N. The van der Waals surface area contributed by atoms with E-state index in [1.807, 2.05) is 77.7 Å². The Bertz CT molecular complexity index is 3090. The largest absolute Gasteiger partial charge is 0.309 e. The Labute approximate surface area is 314 Å². The van der Waals surface area contributed by atoms with Crippen LogP contribution in [-0.4, -0.2) is 0 Å². The molecule has 0 aromatic heterocycles. The highest BCUT2D eigenvalue weighted by Crippen LogP contribution is 2.59. The number of fused-ring (bicyclic) bond motifs is 5. The maximum Gasteiger partial charge on any atom is 0.0714 e. The Kier molecular flexibility index (Phi) is 5.58. The molecule has 52 heavy (non-hydrogen) atoms. The second-order valence-electron chi connectivity index (χ2n) is 13.1. The standard InChI is InChI=1S/C51H35N/c1-3-22-39(23-4-1)51(40-24-5-2-6-25-40)46-31-12-11-29-45(46)50-47(51)32-16-34-49(50)52(48-33-15-20-37-18-8-10-28-44(37)48)41-26-13-21-38(35-41)43-30-14-19-36-17-7-9-27-42(36)43/h1-35H/i8D,10D,15D,18D,20D,28D,33D. The molecule has 0 saturated carbocycles. The lowest BCUT2D eigenvalue weighted by Gasteiger charge is -2.34. The Balaban J connectivity index is 1.37. The Morgan fingerprint density at radius 1 is 0.423 bits per heavy atom. The molecule has 0 bridgehead atoms. The van der Waals surface area contributed by atoms with Crippen molar-refractivity contribution in [1.82, 2.24) is 0 Å². The van der Waals surface area contributed by atoms with Crippen LogP contribution in [0, 0.1) is 0 Å². The minimum absolute atomic E-state index is 0.0128. The van der Waals surface area contributed by atoms with Crippen LogP contribution in [0.15, 0.2) is 212 Å². The van der Waals surface area contributed by atoms with Gasteiger partial charge in [0.25, 0.3) is 0 Å². The summed E-state index contributed by atoms with van der Waals surface area (Å²) in [6.07, 6.45) is 0. The van der Waals surface area contributed by atoms with Crippen molar-refractivity contribution in [3.63, 3.8) is 0 Å². The number of rotatable bonds is 6. The lowest BCUT2D eigenvalue weighted by Crippen LogP contribution is -2.28. The average Bonchev–Trinajstić information content (AvgIpc) is 3.59. The lowest BCUT2D eigenvalue weighted by molar-refractivity contribution is 0.768. The first-order valence-corrected chi connectivity index (χ1v) is 17.5. The molecule has 0 N–H and O–H groups in total. The summed E-state index contributed by atoms with van der Waals surface area (Å²) in [5, 5.41) is 2.07. The fraction of sp³-hybridized carbons (Fsp3) is 0.0196. The molecule has 0 amide bonds. The molecule has 0 unspecified atom stereocenters. The van der Waals surface area contributed by atoms with Gasteiger partial charge in [0.15, 0.2) is 0 Å². The minimum Gasteiger partial charge on any atom is -0.309 e. The predicted molar refractivity (Wildman–Crippen MR) is 219 cm³/mol. The smallest absolute Gasteiger partial charge is 0.0714 e. The van der Waals surface area contributed by atoms with E-state index in [1.165, 1.54) is 0 Å². The first-order chi connectivity index (χ1) is 28.7. The summed E-state index contributed by atoms with van der Waals surface area (Å²) in [5.74, 6) is 0. The summed E-state index contributed by atoms with van der Waals surface area (Å²) < 4.78 is 63.5. The van der Waals surface area contributed by atoms with E-state index < -0.39 is 35.6 Å². The van der Waals surface area contributed by atoms with Crippen molar-refractivity contribution < 1.29 is 9.60 Å². The fourth-order valence-electron chi connectivity index (χ4n) is 8.31. The van der Waals surface area contributed by atoms with E-state index in [9.17, 15) is 2.74 Å². The van der Waals surface area contributed by atoms with Crippen molar-refractivity contribution in [1.29, 1.82) is 0 Å². The monoisotopic (exact) mass is 668 g/mol. The van der Waals surface area contributed by atoms with Gasteiger partial charge in [-0.25, -0.2) is 0 Å². The summed E-state index contributed by atoms with van der Waals surface area (Å²) in [6, 6.07) is 54.8. The van der Waals surface area contributed by atoms with Crippen LogP contribution in [0.5, 0.6) is 0 Å². The van der Waals surface area contributed by atoms with E-state index >= 15 is 0 Å². The van der Waals surface area contributed by atoms with Gasteiger partial charge in [-0.3, -0.25) is 0 Å². The van der Waals surface area contributed by atoms with Crippen LogP contribution < -0.4 is 4.90 Å². The number of hydrogen-bond donors (Lipinski definition) is 0. The van der Waals surface area contributed by atoms with Gasteiger partial charge >= 0.3 is 0 Å². The summed E-state index contributed by atoms with van der Waals surface area (Å²) in [7, 11) is 0. The van der Waals surface area contributed by atoms with Crippen LogP contribution in [-0.2, 0) is 5.41 Å².